The zero-order valence-corrected chi connectivity index (χ0v) is 18.9. The van der Waals surface area contributed by atoms with Gasteiger partial charge in [0.1, 0.15) is 0 Å². The first-order valence-corrected chi connectivity index (χ1v) is 11.4. The summed E-state index contributed by atoms with van der Waals surface area (Å²) in [5.74, 6) is 0.956. The van der Waals surface area contributed by atoms with Gasteiger partial charge in [0.2, 0.25) is 0 Å². The standard InChI is InChI=1S/C25H28N2S2/c1-4-24(23-15-10-18(2)16-19(23)3)27-25(28)26-21-13-11-20(12-14-21)17-29-22-8-6-5-7-9-22/h5-16,24H,4,17H2,1-3H3,(H2,26,27,28). The molecule has 3 rings (SSSR count). The lowest BCUT2D eigenvalue weighted by Gasteiger charge is -2.22. The summed E-state index contributed by atoms with van der Waals surface area (Å²) >= 11 is 7.42. The first-order valence-electron chi connectivity index (χ1n) is 9.96. The van der Waals surface area contributed by atoms with Gasteiger partial charge in [0.25, 0.3) is 0 Å². The van der Waals surface area contributed by atoms with E-state index in [2.05, 4.69) is 98.1 Å². The van der Waals surface area contributed by atoms with E-state index < -0.39 is 0 Å². The molecule has 4 heteroatoms. The first kappa shape index (κ1) is 21.4. The molecule has 0 amide bonds. The number of hydrogen-bond donors (Lipinski definition) is 2. The molecule has 0 bridgehead atoms. The third-order valence-electron chi connectivity index (χ3n) is 4.87. The fourth-order valence-corrected chi connectivity index (χ4v) is 4.44. The number of thiocarbonyl (C=S) groups is 1. The Bertz CT molecular complexity index is 937. The molecule has 1 unspecified atom stereocenters. The number of benzene rings is 3. The van der Waals surface area contributed by atoms with E-state index in [1.165, 1.54) is 27.1 Å². The smallest absolute Gasteiger partial charge is 0.171 e. The van der Waals surface area contributed by atoms with Crippen molar-refractivity contribution in [2.45, 2.75) is 43.9 Å². The zero-order valence-electron chi connectivity index (χ0n) is 17.2. The predicted molar refractivity (Wildman–Crippen MR) is 131 cm³/mol. The molecule has 0 spiro atoms. The highest BCUT2D eigenvalue weighted by molar-refractivity contribution is 7.98. The molecule has 0 aliphatic heterocycles. The predicted octanol–water partition coefficient (Wildman–Crippen LogP) is 7.03. The molecule has 0 saturated heterocycles. The maximum absolute atomic E-state index is 5.57. The fourth-order valence-electron chi connectivity index (χ4n) is 3.31. The van der Waals surface area contributed by atoms with Crippen LogP contribution in [-0.4, -0.2) is 5.11 Å². The topological polar surface area (TPSA) is 24.1 Å². The molecule has 150 valence electrons. The van der Waals surface area contributed by atoms with Crippen LogP contribution < -0.4 is 10.6 Å². The average Bonchev–Trinajstić information content (AvgIpc) is 2.73. The minimum atomic E-state index is 0.206. The highest BCUT2D eigenvalue weighted by atomic mass is 32.2. The third kappa shape index (κ3) is 6.34. The summed E-state index contributed by atoms with van der Waals surface area (Å²) in [6.07, 6.45) is 0.974. The van der Waals surface area contributed by atoms with Gasteiger partial charge >= 0.3 is 0 Å². The molecular formula is C25H28N2S2. The fraction of sp³-hybridized carbons (Fsp3) is 0.240. The lowest BCUT2D eigenvalue weighted by Crippen LogP contribution is -2.32. The molecule has 0 aromatic heterocycles. The average molecular weight is 421 g/mol. The number of aryl methyl sites for hydroxylation is 2. The Morgan fingerprint density at radius 2 is 1.69 bits per heavy atom. The molecule has 0 aliphatic carbocycles. The monoisotopic (exact) mass is 420 g/mol. The van der Waals surface area contributed by atoms with E-state index in [0.29, 0.717) is 5.11 Å². The molecule has 1 atom stereocenters. The van der Waals surface area contributed by atoms with Gasteiger partial charge < -0.3 is 10.6 Å². The van der Waals surface area contributed by atoms with Gasteiger partial charge in [-0.25, -0.2) is 0 Å². The Labute approximate surface area is 184 Å². The number of hydrogen-bond acceptors (Lipinski definition) is 2. The van der Waals surface area contributed by atoms with Gasteiger partial charge in [0, 0.05) is 16.3 Å². The van der Waals surface area contributed by atoms with E-state index in [4.69, 9.17) is 12.2 Å². The minimum absolute atomic E-state index is 0.206. The summed E-state index contributed by atoms with van der Waals surface area (Å²) < 4.78 is 0. The van der Waals surface area contributed by atoms with Crippen LogP contribution in [0, 0.1) is 13.8 Å². The second-order valence-electron chi connectivity index (χ2n) is 7.22. The van der Waals surface area contributed by atoms with Crippen molar-refractivity contribution in [1.29, 1.82) is 0 Å². The molecule has 0 aliphatic rings. The van der Waals surface area contributed by atoms with Crippen molar-refractivity contribution in [3.63, 3.8) is 0 Å². The maximum atomic E-state index is 5.57. The molecule has 3 aromatic rings. The van der Waals surface area contributed by atoms with Gasteiger partial charge in [-0.2, -0.15) is 0 Å². The lowest BCUT2D eigenvalue weighted by molar-refractivity contribution is 0.625. The Morgan fingerprint density at radius 3 is 2.34 bits per heavy atom. The van der Waals surface area contributed by atoms with Crippen LogP contribution in [0.1, 0.15) is 41.6 Å². The third-order valence-corrected chi connectivity index (χ3v) is 6.18. The van der Waals surface area contributed by atoms with Crippen LogP contribution in [0.5, 0.6) is 0 Å². The quantitative estimate of drug-likeness (QED) is 0.316. The van der Waals surface area contributed by atoms with E-state index in [9.17, 15) is 0 Å². The van der Waals surface area contributed by atoms with Crippen molar-refractivity contribution < 1.29 is 0 Å². The molecular weight excluding hydrogens is 392 g/mol. The molecule has 3 aromatic carbocycles. The van der Waals surface area contributed by atoms with E-state index in [1.54, 1.807) is 0 Å². The zero-order chi connectivity index (χ0) is 20.6. The van der Waals surface area contributed by atoms with Crippen LogP contribution >= 0.6 is 24.0 Å². The minimum Gasteiger partial charge on any atom is -0.356 e. The van der Waals surface area contributed by atoms with Crippen molar-refractivity contribution in [2.75, 3.05) is 5.32 Å². The van der Waals surface area contributed by atoms with Crippen molar-refractivity contribution >= 4 is 34.8 Å². The second kappa shape index (κ2) is 10.5. The maximum Gasteiger partial charge on any atom is 0.171 e. The van der Waals surface area contributed by atoms with E-state index >= 15 is 0 Å². The van der Waals surface area contributed by atoms with Gasteiger partial charge in [0.15, 0.2) is 5.11 Å². The molecule has 2 nitrogen and oxygen atoms in total. The van der Waals surface area contributed by atoms with Gasteiger partial charge in [-0.15, -0.1) is 11.8 Å². The normalized spacial score (nSPS) is 11.7. The highest BCUT2D eigenvalue weighted by Gasteiger charge is 2.13. The number of nitrogens with one attached hydrogen (secondary N) is 2. The van der Waals surface area contributed by atoms with Crippen LogP contribution in [-0.2, 0) is 5.75 Å². The summed E-state index contributed by atoms with van der Waals surface area (Å²) in [5.41, 5.74) is 6.19. The lowest BCUT2D eigenvalue weighted by atomic mass is 9.98. The number of rotatable bonds is 7. The largest absolute Gasteiger partial charge is 0.356 e. The van der Waals surface area contributed by atoms with Gasteiger partial charge in [-0.1, -0.05) is 61.0 Å². The van der Waals surface area contributed by atoms with Crippen molar-refractivity contribution in [3.8, 4) is 0 Å². The van der Waals surface area contributed by atoms with Crippen molar-refractivity contribution in [1.82, 2.24) is 5.32 Å². The SMILES string of the molecule is CCC(NC(=S)Nc1ccc(CSc2ccccc2)cc1)c1ccc(C)cc1C. The summed E-state index contributed by atoms with van der Waals surface area (Å²) in [6, 6.07) is 25.8. The van der Waals surface area contributed by atoms with Gasteiger partial charge in [-0.05, 0) is 73.4 Å². The van der Waals surface area contributed by atoms with Gasteiger partial charge in [0.05, 0.1) is 6.04 Å². The summed E-state index contributed by atoms with van der Waals surface area (Å²) in [7, 11) is 0. The summed E-state index contributed by atoms with van der Waals surface area (Å²) in [4.78, 5) is 1.29. The van der Waals surface area contributed by atoms with Crippen LogP contribution in [0.2, 0.25) is 0 Å². The Morgan fingerprint density at radius 1 is 0.966 bits per heavy atom. The summed E-state index contributed by atoms with van der Waals surface area (Å²) in [6.45, 7) is 6.47. The molecule has 0 fully saturated rings. The van der Waals surface area contributed by atoms with E-state index in [0.717, 1.165) is 17.9 Å². The van der Waals surface area contributed by atoms with Crippen molar-refractivity contribution in [2.24, 2.45) is 0 Å². The highest BCUT2D eigenvalue weighted by Crippen LogP contribution is 2.24. The van der Waals surface area contributed by atoms with Gasteiger partial charge in [-0.3, -0.25) is 0 Å². The van der Waals surface area contributed by atoms with Crippen LogP contribution in [0.3, 0.4) is 0 Å². The van der Waals surface area contributed by atoms with E-state index in [-0.39, 0.29) is 6.04 Å². The number of thioether (sulfide) groups is 1. The molecule has 0 heterocycles. The molecule has 29 heavy (non-hydrogen) atoms. The second-order valence-corrected chi connectivity index (χ2v) is 8.67. The first-order chi connectivity index (χ1) is 14.0. The number of anilines is 1. The Balaban J connectivity index is 1.55. The van der Waals surface area contributed by atoms with Crippen LogP contribution in [0.15, 0.2) is 77.7 Å². The van der Waals surface area contributed by atoms with E-state index in [1.807, 2.05) is 17.8 Å². The van der Waals surface area contributed by atoms with Crippen LogP contribution in [0.25, 0.3) is 0 Å². The summed E-state index contributed by atoms with van der Waals surface area (Å²) in [5, 5.41) is 7.45. The van der Waals surface area contributed by atoms with Crippen LogP contribution in [0.4, 0.5) is 5.69 Å². The Kier molecular flexibility index (Phi) is 7.73. The molecule has 0 saturated carbocycles. The molecule has 0 radical (unpaired) electrons. The van der Waals surface area contributed by atoms with Crippen molar-refractivity contribution in [3.05, 3.63) is 95.1 Å². The Hall–Kier alpha value is -2.30. The molecule has 2 N–H and O–H groups in total.